The molecule has 3 N–H and O–H groups in total. The van der Waals surface area contributed by atoms with Crippen LogP contribution < -0.4 is 11.2 Å². The quantitative estimate of drug-likeness (QED) is 0.362. The van der Waals surface area contributed by atoms with E-state index in [0.29, 0.717) is 0 Å². The van der Waals surface area contributed by atoms with E-state index < -0.39 is 35.8 Å². The average molecular weight is 283 g/mol. The Morgan fingerprint density at radius 2 is 2.40 bits per heavy atom. The number of hydrogen-bond donors (Lipinski definition) is 3. The molecule has 2 heterocycles. The summed E-state index contributed by atoms with van der Waals surface area (Å²) < 4.78 is 6.59. The summed E-state index contributed by atoms with van der Waals surface area (Å²) >= 11 is 0. The molecule has 1 fully saturated rings. The lowest BCUT2D eigenvalue weighted by molar-refractivity contribution is -0.122. The first kappa shape index (κ1) is 14.3. The maximum absolute atomic E-state index is 11.6. The molecule has 0 bridgehead atoms. The number of nitrogens with zero attached hydrogens (tertiary/aromatic N) is 4. The Labute approximate surface area is 111 Å². The molecular weight excluding hydrogens is 270 g/mol. The fourth-order valence-electron chi connectivity index (χ4n) is 2.11. The van der Waals surface area contributed by atoms with Gasteiger partial charge >= 0.3 is 5.69 Å². The van der Waals surface area contributed by atoms with E-state index in [9.17, 15) is 19.8 Å². The number of ether oxygens (including phenoxy) is 1. The molecule has 2 rings (SSSR count). The molecule has 1 aliphatic rings. The van der Waals surface area contributed by atoms with Crippen molar-refractivity contribution in [2.45, 2.75) is 24.4 Å². The van der Waals surface area contributed by atoms with Crippen molar-refractivity contribution in [3.63, 3.8) is 0 Å². The third-order valence-corrected chi connectivity index (χ3v) is 3.23. The van der Waals surface area contributed by atoms with Gasteiger partial charge in [-0.3, -0.25) is 14.3 Å². The molecule has 1 aliphatic heterocycles. The van der Waals surface area contributed by atoms with Crippen molar-refractivity contribution in [1.29, 1.82) is 0 Å². The predicted molar refractivity (Wildman–Crippen MR) is 65.9 cm³/mol. The lowest BCUT2D eigenvalue weighted by Gasteiger charge is -2.28. The number of aromatic amines is 1. The lowest BCUT2D eigenvalue weighted by Crippen LogP contribution is -2.46. The number of aliphatic hydroxyl groups is 2. The van der Waals surface area contributed by atoms with E-state index in [4.69, 9.17) is 10.3 Å². The zero-order valence-electron chi connectivity index (χ0n) is 10.3. The molecule has 1 saturated heterocycles. The highest BCUT2D eigenvalue weighted by molar-refractivity contribution is 4.98. The van der Waals surface area contributed by atoms with Crippen LogP contribution in [0, 0.1) is 0 Å². The fraction of sp³-hybridized carbons (Fsp3) is 0.600. The Morgan fingerprint density at radius 1 is 1.65 bits per heavy atom. The number of nitrogens with one attached hydrogen (secondary N) is 1. The number of hydrogen-bond acceptors (Lipinski definition) is 6. The standard InChI is InChI=1S/C10H13N5O5/c11-14-12-4-10(5-16)6(17)3-8(20-10)15-2-1-7(18)13-9(15)19/h1-2,6,8,16-17H,3-5H2,(H,13,18,19)/t6?,8-,10-/m0/s1. The van der Waals surface area contributed by atoms with E-state index in [1.54, 1.807) is 0 Å². The summed E-state index contributed by atoms with van der Waals surface area (Å²) in [6.45, 7) is -0.836. The first-order valence-corrected chi connectivity index (χ1v) is 5.81. The number of aromatic nitrogens is 2. The summed E-state index contributed by atoms with van der Waals surface area (Å²) in [6.07, 6.45) is -0.718. The highest BCUT2D eigenvalue weighted by Crippen LogP contribution is 2.36. The van der Waals surface area contributed by atoms with Gasteiger partial charge in [-0.1, -0.05) is 5.11 Å². The van der Waals surface area contributed by atoms with Gasteiger partial charge in [-0.15, -0.1) is 0 Å². The normalized spacial score (nSPS) is 29.1. The van der Waals surface area contributed by atoms with Gasteiger partial charge in [0, 0.05) is 23.6 Å². The smallest absolute Gasteiger partial charge is 0.330 e. The van der Waals surface area contributed by atoms with E-state index in [-0.39, 0.29) is 13.0 Å². The first-order valence-electron chi connectivity index (χ1n) is 5.81. The second-order valence-electron chi connectivity index (χ2n) is 4.45. The van der Waals surface area contributed by atoms with Crippen LogP contribution in [0.2, 0.25) is 0 Å². The van der Waals surface area contributed by atoms with E-state index in [1.165, 1.54) is 6.20 Å². The Balaban J connectivity index is 2.31. The Morgan fingerprint density at radius 3 is 3.00 bits per heavy atom. The van der Waals surface area contributed by atoms with Gasteiger partial charge in [0.25, 0.3) is 5.56 Å². The van der Waals surface area contributed by atoms with Crippen LogP contribution >= 0.6 is 0 Å². The van der Waals surface area contributed by atoms with Gasteiger partial charge < -0.3 is 14.9 Å². The third kappa shape index (κ3) is 2.45. The highest BCUT2D eigenvalue weighted by Gasteiger charge is 2.48. The van der Waals surface area contributed by atoms with Crippen molar-refractivity contribution in [2.24, 2.45) is 5.11 Å². The monoisotopic (exact) mass is 283 g/mol. The van der Waals surface area contributed by atoms with Gasteiger partial charge in [0.05, 0.1) is 19.3 Å². The molecule has 20 heavy (non-hydrogen) atoms. The molecule has 10 nitrogen and oxygen atoms in total. The maximum Gasteiger partial charge on any atom is 0.330 e. The van der Waals surface area contributed by atoms with Gasteiger partial charge in [-0.2, -0.15) is 0 Å². The van der Waals surface area contributed by atoms with E-state index in [0.717, 1.165) is 10.6 Å². The van der Waals surface area contributed by atoms with Crippen molar-refractivity contribution >= 4 is 0 Å². The summed E-state index contributed by atoms with van der Waals surface area (Å²) in [4.78, 5) is 27.3. The minimum Gasteiger partial charge on any atom is -0.393 e. The van der Waals surface area contributed by atoms with Crippen LogP contribution in [0.25, 0.3) is 10.4 Å². The molecule has 10 heteroatoms. The lowest BCUT2D eigenvalue weighted by atomic mass is 9.98. The molecule has 0 radical (unpaired) electrons. The van der Waals surface area contributed by atoms with Crippen LogP contribution in [-0.2, 0) is 4.74 Å². The van der Waals surface area contributed by atoms with Gasteiger partial charge in [0.15, 0.2) is 0 Å². The summed E-state index contributed by atoms with van der Waals surface area (Å²) in [5.74, 6) is 0. The molecule has 0 aromatic carbocycles. The molecule has 0 amide bonds. The molecule has 1 aromatic heterocycles. The Hall–Kier alpha value is -2.13. The van der Waals surface area contributed by atoms with Crippen molar-refractivity contribution < 1.29 is 14.9 Å². The van der Waals surface area contributed by atoms with Gasteiger partial charge in [-0.05, 0) is 5.53 Å². The largest absolute Gasteiger partial charge is 0.393 e. The highest BCUT2D eigenvalue weighted by atomic mass is 16.6. The van der Waals surface area contributed by atoms with E-state index in [2.05, 4.69) is 15.0 Å². The second kappa shape index (κ2) is 5.47. The summed E-state index contributed by atoms with van der Waals surface area (Å²) in [7, 11) is 0. The van der Waals surface area contributed by atoms with Crippen molar-refractivity contribution in [3.8, 4) is 0 Å². The minimum atomic E-state index is -1.45. The van der Waals surface area contributed by atoms with Crippen LogP contribution in [0.5, 0.6) is 0 Å². The van der Waals surface area contributed by atoms with E-state index in [1.807, 2.05) is 0 Å². The summed E-state index contributed by atoms with van der Waals surface area (Å²) in [6, 6.07) is 1.14. The Kier molecular flexibility index (Phi) is 3.91. The molecular formula is C10H13N5O5. The fourth-order valence-corrected chi connectivity index (χ4v) is 2.11. The summed E-state index contributed by atoms with van der Waals surface area (Å²) in [5.41, 5.74) is 5.64. The molecule has 108 valence electrons. The maximum atomic E-state index is 11.6. The molecule has 0 spiro atoms. The zero-order valence-corrected chi connectivity index (χ0v) is 10.3. The third-order valence-electron chi connectivity index (χ3n) is 3.23. The van der Waals surface area contributed by atoms with Crippen LogP contribution in [-0.4, -0.2) is 44.6 Å². The Bertz CT molecular complexity index is 648. The van der Waals surface area contributed by atoms with Gasteiger partial charge in [0.2, 0.25) is 0 Å². The van der Waals surface area contributed by atoms with Crippen molar-refractivity contribution in [3.05, 3.63) is 43.5 Å². The molecule has 1 aromatic rings. The molecule has 0 saturated carbocycles. The van der Waals surface area contributed by atoms with Crippen LogP contribution in [0.4, 0.5) is 0 Å². The number of H-pyrrole nitrogens is 1. The molecule has 0 aliphatic carbocycles. The SMILES string of the molecule is [N-]=[N+]=NC[C@@]1(CO)O[C@H](n2ccc(=O)[nH]c2=O)CC1O. The van der Waals surface area contributed by atoms with Crippen molar-refractivity contribution in [2.75, 3.05) is 13.2 Å². The first-order chi connectivity index (χ1) is 9.52. The number of azide groups is 1. The summed E-state index contributed by atoms with van der Waals surface area (Å²) in [5, 5.41) is 22.7. The van der Waals surface area contributed by atoms with Gasteiger partial charge in [0.1, 0.15) is 11.8 Å². The van der Waals surface area contributed by atoms with Crippen LogP contribution in [0.1, 0.15) is 12.6 Å². The molecule has 3 atom stereocenters. The van der Waals surface area contributed by atoms with Crippen LogP contribution in [0.15, 0.2) is 27.0 Å². The van der Waals surface area contributed by atoms with Gasteiger partial charge in [-0.25, -0.2) is 4.79 Å². The van der Waals surface area contributed by atoms with Crippen LogP contribution in [0.3, 0.4) is 0 Å². The zero-order chi connectivity index (χ0) is 14.8. The van der Waals surface area contributed by atoms with E-state index >= 15 is 0 Å². The topological polar surface area (TPSA) is 153 Å². The minimum absolute atomic E-state index is 0.0213. The number of aliphatic hydroxyl groups excluding tert-OH is 2. The van der Waals surface area contributed by atoms with Crippen molar-refractivity contribution in [1.82, 2.24) is 9.55 Å². The average Bonchev–Trinajstić information content (AvgIpc) is 2.74. The predicted octanol–water partition coefficient (Wildman–Crippen LogP) is -1.14. The second-order valence-corrected chi connectivity index (χ2v) is 4.45. The molecule has 1 unspecified atom stereocenters. The number of rotatable bonds is 4.